The molecule has 1 saturated heterocycles. The van der Waals surface area contributed by atoms with Gasteiger partial charge >= 0.3 is 12.5 Å². The zero-order valence-electron chi connectivity index (χ0n) is 15.8. The Kier molecular flexibility index (Phi) is 5.69. The molecule has 1 aliphatic heterocycles. The average Bonchev–Trinajstić information content (AvgIpc) is 3.35. The van der Waals surface area contributed by atoms with Gasteiger partial charge in [0.1, 0.15) is 17.1 Å². The van der Waals surface area contributed by atoms with Crippen molar-refractivity contribution < 1.29 is 31.5 Å². The summed E-state index contributed by atoms with van der Waals surface area (Å²) in [4.78, 5) is 18.5. The lowest BCUT2D eigenvalue weighted by Crippen LogP contribution is -2.35. The Labute approximate surface area is 177 Å². The van der Waals surface area contributed by atoms with Gasteiger partial charge in [-0.05, 0) is 30.7 Å². The number of aromatic nitrogens is 1. The van der Waals surface area contributed by atoms with Gasteiger partial charge in [-0.15, -0.1) is 0 Å². The molecule has 1 unspecified atom stereocenters. The van der Waals surface area contributed by atoms with Crippen molar-refractivity contribution in [3.63, 3.8) is 0 Å². The van der Waals surface area contributed by atoms with Gasteiger partial charge in [-0.25, -0.2) is 9.37 Å². The van der Waals surface area contributed by atoms with Gasteiger partial charge in [0.05, 0.1) is 10.3 Å². The SMILES string of the molecule is O=C(c1ccccc1OC(F)(F)C(F)F)N1CCC(Nc2nc3c(F)cccc3s2)C1. The summed E-state index contributed by atoms with van der Waals surface area (Å²) in [7, 11) is 0. The number of carbonyl (C=O) groups excluding carboxylic acids is 1. The minimum absolute atomic E-state index is 0.192. The Hall–Kier alpha value is -2.95. The van der Waals surface area contributed by atoms with E-state index in [-0.39, 0.29) is 23.7 Å². The Bertz CT molecular complexity index is 1110. The fraction of sp³-hybridized carbons (Fsp3) is 0.300. The second-order valence-electron chi connectivity index (χ2n) is 6.95. The van der Waals surface area contributed by atoms with Crippen molar-refractivity contribution in [1.29, 1.82) is 0 Å². The highest BCUT2D eigenvalue weighted by atomic mass is 32.1. The molecule has 1 N–H and O–H groups in total. The molecule has 1 aliphatic rings. The Morgan fingerprint density at radius 1 is 1.23 bits per heavy atom. The predicted octanol–water partition coefficient (Wildman–Crippen LogP) is 5.00. The maximum atomic E-state index is 13.8. The number of ether oxygens (including phenoxy) is 1. The van der Waals surface area contributed by atoms with E-state index in [1.165, 1.54) is 40.5 Å². The molecule has 1 aromatic heterocycles. The van der Waals surface area contributed by atoms with E-state index in [2.05, 4.69) is 15.0 Å². The highest BCUT2D eigenvalue weighted by Crippen LogP contribution is 2.32. The summed E-state index contributed by atoms with van der Waals surface area (Å²) in [5.41, 5.74) is 0.0255. The lowest BCUT2D eigenvalue weighted by Gasteiger charge is -2.21. The fourth-order valence-corrected chi connectivity index (χ4v) is 4.26. The number of fused-ring (bicyclic) bond motifs is 1. The Balaban J connectivity index is 1.46. The second-order valence-corrected chi connectivity index (χ2v) is 7.98. The van der Waals surface area contributed by atoms with Crippen LogP contribution in [0.25, 0.3) is 10.2 Å². The number of benzene rings is 2. The molecule has 2 heterocycles. The molecule has 5 nitrogen and oxygen atoms in total. The van der Waals surface area contributed by atoms with Crippen LogP contribution in [0.15, 0.2) is 42.5 Å². The number of anilines is 1. The van der Waals surface area contributed by atoms with Crippen molar-refractivity contribution in [2.75, 3.05) is 18.4 Å². The third kappa shape index (κ3) is 4.41. The number of para-hydroxylation sites is 2. The molecule has 3 aromatic rings. The maximum absolute atomic E-state index is 13.8. The monoisotopic (exact) mass is 457 g/mol. The van der Waals surface area contributed by atoms with E-state index >= 15 is 0 Å². The van der Waals surface area contributed by atoms with E-state index in [4.69, 9.17) is 0 Å². The molecule has 0 radical (unpaired) electrons. The first kappa shape index (κ1) is 21.3. The van der Waals surface area contributed by atoms with E-state index < -0.39 is 30.0 Å². The molecule has 11 heteroatoms. The number of hydrogen-bond acceptors (Lipinski definition) is 5. The molecule has 31 heavy (non-hydrogen) atoms. The van der Waals surface area contributed by atoms with Crippen molar-refractivity contribution >= 4 is 32.6 Å². The van der Waals surface area contributed by atoms with Crippen LogP contribution >= 0.6 is 11.3 Å². The van der Waals surface area contributed by atoms with Crippen LogP contribution in [0.2, 0.25) is 0 Å². The molecular weight excluding hydrogens is 441 g/mol. The van der Waals surface area contributed by atoms with Crippen LogP contribution in [0.1, 0.15) is 16.8 Å². The topological polar surface area (TPSA) is 54.5 Å². The summed E-state index contributed by atoms with van der Waals surface area (Å²) in [6.45, 7) is 0.548. The van der Waals surface area contributed by atoms with Crippen LogP contribution in [0.5, 0.6) is 5.75 Å². The van der Waals surface area contributed by atoms with Crippen LogP contribution in [0, 0.1) is 5.82 Å². The Morgan fingerprint density at radius 2 is 2.00 bits per heavy atom. The molecule has 0 aliphatic carbocycles. The number of amides is 1. The van der Waals surface area contributed by atoms with Gasteiger partial charge < -0.3 is 15.0 Å². The maximum Gasteiger partial charge on any atom is 0.461 e. The van der Waals surface area contributed by atoms with Gasteiger partial charge in [0.15, 0.2) is 5.13 Å². The van der Waals surface area contributed by atoms with E-state index in [9.17, 15) is 26.7 Å². The van der Waals surface area contributed by atoms with Crippen LogP contribution in [-0.4, -0.2) is 47.5 Å². The van der Waals surface area contributed by atoms with Gasteiger partial charge in [-0.2, -0.15) is 17.6 Å². The van der Waals surface area contributed by atoms with E-state index in [0.29, 0.717) is 22.8 Å². The zero-order valence-corrected chi connectivity index (χ0v) is 16.6. The number of nitrogens with zero attached hydrogens (tertiary/aromatic N) is 2. The number of carbonyl (C=O) groups is 1. The first-order valence-corrected chi connectivity index (χ1v) is 10.1. The zero-order chi connectivity index (χ0) is 22.2. The fourth-order valence-electron chi connectivity index (χ4n) is 3.31. The number of rotatable bonds is 6. The number of likely N-dealkylation sites (tertiary alicyclic amines) is 1. The van der Waals surface area contributed by atoms with Crippen molar-refractivity contribution in [1.82, 2.24) is 9.88 Å². The molecule has 0 spiro atoms. The molecule has 1 fully saturated rings. The minimum atomic E-state index is -4.71. The number of alkyl halides is 4. The van der Waals surface area contributed by atoms with Crippen LogP contribution in [-0.2, 0) is 0 Å². The first-order chi connectivity index (χ1) is 14.7. The van der Waals surface area contributed by atoms with Gasteiger partial charge in [0.2, 0.25) is 0 Å². The standard InChI is InChI=1S/C20H16F5N3O2S/c21-13-5-3-7-15-16(13)27-19(31-15)26-11-8-9-28(10-11)17(29)12-4-1-2-6-14(12)30-20(24,25)18(22)23/h1-7,11,18H,8-10H2,(H,26,27). The van der Waals surface area contributed by atoms with Crippen LogP contribution in [0.4, 0.5) is 27.1 Å². The summed E-state index contributed by atoms with van der Waals surface area (Å²) < 4.78 is 70.3. The second kappa shape index (κ2) is 8.29. The third-order valence-electron chi connectivity index (χ3n) is 4.79. The van der Waals surface area contributed by atoms with Crippen molar-refractivity contribution in [3.05, 3.63) is 53.8 Å². The number of thiazole rings is 1. The molecule has 1 amide bonds. The summed E-state index contributed by atoms with van der Waals surface area (Å²) in [5.74, 6) is -1.65. The molecule has 0 saturated carbocycles. The van der Waals surface area contributed by atoms with Gasteiger partial charge in [0.25, 0.3) is 5.91 Å². The first-order valence-electron chi connectivity index (χ1n) is 9.29. The largest absolute Gasteiger partial charge is 0.461 e. The van der Waals surface area contributed by atoms with Gasteiger partial charge in [-0.1, -0.05) is 29.5 Å². The van der Waals surface area contributed by atoms with E-state index in [1.54, 1.807) is 12.1 Å². The minimum Gasteiger partial charge on any atom is -0.427 e. The number of nitrogens with one attached hydrogen (secondary N) is 1. The highest BCUT2D eigenvalue weighted by Gasteiger charge is 2.45. The quantitative estimate of drug-likeness (QED) is 0.530. The van der Waals surface area contributed by atoms with E-state index in [1.807, 2.05) is 0 Å². The average molecular weight is 457 g/mol. The lowest BCUT2D eigenvalue weighted by molar-refractivity contribution is -0.253. The summed E-state index contributed by atoms with van der Waals surface area (Å²) >= 11 is 1.28. The molecule has 2 aromatic carbocycles. The molecule has 164 valence electrons. The summed E-state index contributed by atoms with van der Waals surface area (Å²) in [6, 6.07) is 9.50. The lowest BCUT2D eigenvalue weighted by atomic mass is 10.1. The molecule has 0 bridgehead atoms. The van der Waals surface area contributed by atoms with Gasteiger partial charge in [-0.3, -0.25) is 4.79 Å². The summed E-state index contributed by atoms with van der Waals surface area (Å²) in [5, 5.41) is 3.66. The van der Waals surface area contributed by atoms with Crippen LogP contribution in [0.3, 0.4) is 0 Å². The number of halogens is 5. The summed E-state index contributed by atoms with van der Waals surface area (Å²) in [6.07, 6.45) is -8.21. The van der Waals surface area contributed by atoms with Crippen LogP contribution < -0.4 is 10.1 Å². The number of hydrogen-bond donors (Lipinski definition) is 1. The smallest absolute Gasteiger partial charge is 0.427 e. The molecular formula is C20H16F5N3O2S. The normalized spacial score (nSPS) is 16.8. The van der Waals surface area contributed by atoms with Gasteiger partial charge in [0, 0.05) is 19.1 Å². The predicted molar refractivity (Wildman–Crippen MR) is 106 cm³/mol. The van der Waals surface area contributed by atoms with E-state index in [0.717, 1.165) is 6.07 Å². The molecule has 4 rings (SSSR count). The molecule has 1 atom stereocenters. The Morgan fingerprint density at radius 3 is 2.74 bits per heavy atom. The third-order valence-corrected chi connectivity index (χ3v) is 5.74. The van der Waals surface area contributed by atoms with Crippen molar-refractivity contribution in [3.8, 4) is 5.75 Å². The highest BCUT2D eigenvalue weighted by molar-refractivity contribution is 7.22. The van der Waals surface area contributed by atoms with Crippen molar-refractivity contribution in [2.24, 2.45) is 0 Å². The van der Waals surface area contributed by atoms with Crippen molar-refractivity contribution in [2.45, 2.75) is 25.0 Å².